The minimum Gasteiger partial charge on any atom is -0.462 e. The van der Waals surface area contributed by atoms with E-state index in [-0.39, 0.29) is 18.2 Å². The Labute approximate surface area is 328 Å². The molecule has 1 aliphatic carbocycles. The topological polar surface area (TPSA) is 114 Å². The molecule has 276 valence electrons. The van der Waals surface area contributed by atoms with Crippen molar-refractivity contribution in [3.63, 3.8) is 0 Å². The number of thiophene rings is 1. The Hall–Kier alpha value is -5.16. The van der Waals surface area contributed by atoms with Crippen LogP contribution in [0.25, 0.3) is 6.08 Å². The predicted molar refractivity (Wildman–Crippen MR) is 218 cm³/mol. The highest BCUT2D eigenvalue weighted by Gasteiger charge is 2.29. The monoisotopic (exact) mass is 777 g/mol. The Bertz CT molecular complexity index is 2150. The Balaban J connectivity index is 1.25. The molecular weight excluding hydrogens is 738 g/mol. The first-order valence-electron chi connectivity index (χ1n) is 17.9. The van der Waals surface area contributed by atoms with E-state index in [9.17, 15) is 19.2 Å². The van der Waals surface area contributed by atoms with Crippen LogP contribution in [0.1, 0.15) is 80.1 Å². The first-order chi connectivity index (χ1) is 26.3. The van der Waals surface area contributed by atoms with Crippen LogP contribution in [0.4, 0.5) is 10.7 Å². The fourth-order valence-electron chi connectivity index (χ4n) is 6.19. The summed E-state index contributed by atoms with van der Waals surface area (Å²) in [4.78, 5) is 56.3. The van der Waals surface area contributed by atoms with E-state index >= 15 is 0 Å². The summed E-state index contributed by atoms with van der Waals surface area (Å²) >= 11 is 9.00. The summed E-state index contributed by atoms with van der Waals surface area (Å²) in [5.41, 5.74) is 3.75. The van der Waals surface area contributed by atoms with E-state index in [0.717, 1.165) is 59.4 Å². The van der Waals surface area contributed by atoms with Gasteiger partial charge < -0.3 is 20.7 Å². The zero-order valence-electron chi connectivity index (χ0n) is 29.7. The molecule has 0 spiro atoms. The van der Waals surface area contributed by atoms with Crippen LogP contribution in [-0.4, -0.2) is 30.3 Å². The molecule has 1 aliphatic rings. The molecule has 4 aromatic carbocycles. The van der Waals surface area contributed by atoms with Crippen molar-refractivity contribution in [2.75, 3.05) is 17.2 Å². The van der Waals surface area contributed by atoms with Gasteiger partial charge in [-0.1, -0.05) is 91.2 Å². The second-order valence-corrected chi connectivity index (χ2v) is 15.4. The van der Waals surface area contributed by atoms with Gasteiger partial charge in [-0.25, -0.2) is 4.79 Å². The largest absolute Gasteiger partial charge is 0.462 e. The number of nitrogens with one attached hydrogen (secondary N) is 3. The molecule has 8 nitrogen and oxygen atoms in total. The molecule has 3 N–H and O–H groups in total. The number of rotatable bonds is 12. The first kappa shape index (κ1) is 38.6. The number of benzene rings is 4. The van der Waals surface area contributed by atoms with E-state index in [1.165, 1.54) is 23.1 Å². The standard InChI is InChI=1S/C43H40ClN3O5S2/c1-2-52-43(51)37-34-23-11-3-4-12-24-36(34)54-42(37)47-41(50)38(29-16-7-5-8-17-29)53-33-22-14-21-32(27-33)45-40(49)35(26-28-15-13-20-31(44)25-28)46-39(48)30-18-9-6-10-19-30/h5-10,13-22,25-27,38H,2-4,11-12,23-24H2,1H3,(H,45,49)(H,46,48)(H,47,50)/b35-26-. The molecule has 54 heavy (non-hydrogen) atoms. The molecule has 11 heteroatoms. The Morgan fingerprint density at radius 2 is 1.56 bits per heavy atom. The molecule has 0 radical (unpaired) electrons. The highest BCUT2D eigenvalue weighted by molar-refractivity contribution is 8.00. The van der Waals surface area contributed by atoms with E-state index < -0.39 is 23.0 Å². The van der Waals surface area contributed by atoms with Crippen molar-refractivity contribution in [2.24, 2.45) is 0 Å². The average molecular weight is 778 g/mol. The molecule has 1 aromatic heterocycles. The fraction of sp³-hybridized carbons (Fsp3) is 0.209. The van der Waals surface area contributed by atoms with E-state index in [2.05, 4.69) is 16.0 Å². The minimum atomic E-state index is -0.694. The van der Waals surface area contributed by atoms with Crippen LogP contribution in [0.3, 0.4) is 0 Å². The van der Waals surface area contributed by atoms with Crippen LogP contribution in [0.5, 0.6) is 0 Å². The number of amides is 3. The Morgan fingerprint density at radius 3 is 2.30 bits per heavy atom. The molecule has 6 rings (SSSR count). The van der Waals surface area contributed by atoms with Gasteiger partial charge in [-0.3, -0.25) is 14.4 Å². The van der Waals surface area contributed by atoms with Crippen molar-refractivity contribution in [2.45, 2.75) is 55.6 Å². The van der Waals surface area contributed by atoms with Crippen LogP contribution in [-0.2, 0) is 27.2 Å². The van der Waals surface area contributed by atoms with Gasteiger partial charge in [0, 0.05) is 26.0 Å². The highest BCUT2D eigenvalue weighted by Crippen LogP contribution is 2.41. The van der Waals surface area contributed by atoms with Gasteiger partial charge in [0.2, 0.25) is 5.91 Å². The molecule has 1 heterocycles. The molecule has 5 aromatic rings. The van der Waals surface area contributed by atoms with Gasteiger partial charge in [0.15, 0.2) is 0 Å². The van der Waals surface area contributed by atoms with E-state index in [1.807, 2.05) is 36.4 Å². The van der Waals surface area contributed by atoms with Gasteiger partial charge >= 0.3 is 5.97 Å². The summed E-state index contributed by atoms with van der Waals surface area (Å²) in [5, 5.41) is 9.09. The lowest BCUT2D eigenvalue weighted by Gasteiger charge is -2.18. The smallest absolute Gasteiger partial charge is 0.341 e. The van der Waals surface area contributed by atoms with Crippen LogP contribution in [0, 0.1) is 0 Å². The quantitative estimate of drug-likeness (QED) is 0.0661. The number of ether oxygens (including phenoxy) is 1. The van der Waals surface area contributed by atoms with Gasteiger partial charge in [-0.15, -0.1) is 23.1 Å². The van der Waals surface area contributed by atoms with Crippen LogP contribution >= 0.6 is 34.7 Å². The third-order valence-corrected chi connectivity index (χ3v) is 11.5. The van der Waals surface area contributed by atoms with Crippen molar-refractivity contribution in [1.29, 1.82) is 0 Å². The number of thioether (sulfide) groups is 1. The maximum atomic E-state index is 14.3. The zero-order valence-corrected chi connectivity index (χ0v) is 32.1. The lowest BCUT2D eigenvalue weighted by molar-refractivity contribution is -0.116. The summed E-state index contributed by atoms with van der Waals surface area (Å²) in [6.45, 7) is 2.02. The third kappa shape index (κ3) is 10.1. The second kappa shape index (κ2) is 18.7. The number of aryl methyl sites for hydroxylation is 1. The number of carbonyl (C=O) groups is 4. The third-order valence-electron chi connectivity index (χ3n) is 8.76. The van der Waals surface area contributed by atoms with Gasteiger partial charge in [-0.05, 0) is 97.8 Å². The van der Waals surface area contributed by atoms with Crippen LogP contribution in [0.15, 0.2) is 120 Å². The lowest BCUT2D eigenvalue weighted by Crippen LogP contribution is -2.30. The number of carbonyl (C=O) groups excluding carboxylic acids is 4. The second-order valence-electron chi connectivity index (χ2n) is 12.7. The molecule has 0 bridgehead atoms. The van der Waals surface area contributed by atoms with Crippen molar-refractivity contribution in [3.8, 4) is 0 Å². The Morgan fingerprint density at radius 1 is 0.833 bits per heavy atom. The maximum Gasteiger partial charge on any atom is 0.341 e. The molecule has 0 fully saturated rings. The predicted octanol–water partition coefficient (Wildman–Crippen LogP) is 10.1. The summed E-state index contributed by atoms with van der Waals surface area (Å²) < 4.78 is 5.47. The molecule has 0 saturated carbocycles. The number of hydrogen-bond acceptors (Lipinski definition) is 7. The first-order valence-corrected chi connectivity index (χ1v) is 20.0. The number of fused-ring (bicyclic) bond motifs is 1. The van der Waals surface area contributed by atoms with Crippen molar-refractivity contribution >= 4 is 75.2 Å². The van der Waals surface area contributed by atoms with E-state index in [4.69, 9.17) is 16.3 Å². The van der Waals surface area contributed by atoms with Crippen molar-refractivity contribution in [1.82, 2.24) is 5.32 Å². The summed E-state index contributed by atoms with van der Waals surface area (Å²) in [5.74, 6) is -1.68. The number of anilines is 2. The SMILES string of the molecule is CCOC(=O)c1c(NC(=O)C(Sc2cccc(NC(=O)/C(=C/c3cccc(Cl)c3)NC(=O)c3ccccc3)c2)c2ccccc2)sc2c1CCCCCC2. The van der Waals surface area contributed by atoms with E-state index in [1.54, 1.807) is 85.8 Å². The average Bonchev–Trinajstić information content (AvgIpc) is 3.49. The minimum absolute atomic E-state index is 0.0215. The van der Waals surface area contributed by atoms with Crippen molar-refractivity contribution < 1.29 is 23.9 Å². The van der Waals surface area contributed by atoms with Crippen molar-refractivity contribution in [3.05, 3.63) is 153 Å². The Kier molecular flexibility index (Phi) is 13.4. The molecule has 0 aliphatic heterocycles. The molecule has 0 saturated heterocycles. The summed E-state index contributed by atoms with van der Waals surface area (Å²) in [6.07, 6.45) is 7.47. The number of halogens is 1. The molecule has 1 unspecified atom stereocenters. The summed E-state index contributed by atoms with van der Waals surface area (Å²) in [6, 6.07) is 32.2. The van der Waals surface area contributed by atoms with E-state index in [0.29, 0.717) is 32.4 Å². The molecular formula is C43H40ClN3O5S2. The summed E-state index contributed by atoms with van der Waals surface area (Å²) in [7, 11) is 0. The molecule has 3 amide bonds. The van der Waals surface area contributed by atoms with Crippen LogP contribution in [0.2, 0.25) is 5.02 Å². The molecule has 1 atom stereocenters. The normalized spacial score (nSPS) is 13.4. The fourth-order valence-corrected chi connectivity index (χ4v) is 8.75. The number of hydrogen-bond donors (Lipinski definition) is 3. The van der Waals surface area contributed by atoms with Gasteiger partial charge in [-0.2, -0.15) is 0 Å². The highest BCUT2D eigenvalue weighted by atomic mass is 35.5. The van der Waals surface area contributed by atoms with Crippen LogP contribution < -0.4 is 16.0 Å². The lowest BCUT2D eigenvalue weighted by atomic mass is 9.96. The zero-order chi connectivity index (χ0) is 37.9. The number of esters is 1. The van der Waals surface area contributed by atoms with Gasteiger partial charge in [0.25, 0.3) is 11.8 Å². The maximum absolute atomic E-state index is 14.3. The van der Waals surface area contributed by atoms with Gasteiger partial charge in [0.1, 0.15) is 15.9 Å². The van der Waals surface area contributed by atoms with Gasteiger partial charge in [0.05, 0.1) is 12.2 Å².